The number of carbonyl (C=O) groups excluding carboxylic acids is 2. The molecule has 8 heteroatoms. The van der Waals surface area contributed by atoms with Gasteiger partial charge in [-0.15, -0.1) is 22.7 Å². The Labute approximate surface area is 192 Å². The van der Waals surface area contributed by atoms with Crippen molar-refractivity contribution in [3.8, 4) is 0 Å². The zero-order valence-electron chi connectivity index (χ0n) is 17.5. The summed E-state index contributed by atoms with van der Waals surface area (Å²) >= 11 is 2.99. The van der Waals surface area contributed by atoms with Crippen LogP contribution < -0.4 is 5.32 Å². The van der Waals surface area contributed by atoms with Gasteiger partial charge in [0.2, 0.25) is 0 Å². The average molecular weight is 461 g/mol. The summed E-state index contributed by atoms with van der Waals surface area (Å²) in [5, 5.41) is 4.92. The maximum Gasteiger partial charge on any atom is 0.264 e. The highest BCUT2D eigenvalue weighted by Crippen LogP contribution is 2.31. The molecule has 160 valence electrons. The van der Waals surface area contributed by atoms with Crippen LogP contribution in [0.1, 0.15) is 38.6 Å². The Kier molecular flexibility index (Phi) is 5.24. The van der Waals surface area contributed by atoms with Crippen molar-refractivity contribution < 1.29 is 9.59 Å². The summed E-state index contributed by atoms with van der Waals surface area (Å²) in [7, 11) is 1.80. The number of aromatic nitrogens is 2. The molecule has 6 nitrogen and oxygen atoms in total. The molecule has 1 atom stereocenters. The van der Waals surface area contributed by atoms with E-state index in [1.807, 2.05) is 71.4 Å². The molecule has 32 heavy (non-hydrogen) atoms. The first-order valence-electron chi connectivity index (χ1n) is 10.1. The number of nitrogens with zero attached hydrogens (tertiary/aromatic N) is 3. The third kappa shape index (κ3) is 3.68. The zero-order valence-corrected chi connectivity index (χ0v) is 19.1. The van der Waals surface area contributed by atoms with Crippen molar-refractivity contribution >= 4 is 55.5 Å². The minimum Gasteiger partial charge on any atom is -0.334 e. The lowest BCUT2D eigenvalue weighted by Gasteiger charge is -2.25. The number of imidazole rings is 1. The molecule has 0 aliphatic heterocycles. The van der Waals surface area contributed by atoms with Gasteiger partial charge in [0.15, 0.2) is 4.96 Å². The van der Waals surface area contributed by atoms with Crippen molar-refractivity contribution in [1.82, 2.24) is 14.3 Å². The highest BCUT2D eigenvalue weighted by Gasteiger charge is 2.22. The molecule has 3 aromatic heterocycles. The normalized spacial score (nSPS) is 12.2. The molecule has 0 radical (unpaired) electrons. The van der Waals surface area contributed by atoms with Crippen molar-refractivity contribution in [2.75, 3.05) is 12.4 Å². The molecule has 0 aliphatic rings. The van der Waals surface area contributed by atoms with Gasteiger partial charge < -0.3 is 10.2 Å². The van der Waals surface area contributed by atoms with Gasteiger partial charge in [-0.25, -0.2) is 4.98 Å². The molecule has 3 heterocycles. The van der Waals surface area contributed by atoms with Crippen LogP contribution >= 0.6 is 22.7 Å². The van der Waals surface area contributed by atoms with Crippen molar-refractivity contribution in [3.63, 3.8) is 0 Å². The molecule has 0 saturated heterocycles. The Morgan fingerprint density at radius 3 is 2.72 bits per heavy atom. The Morgan fingerprint density at radius 2 is 1.91 bits per heavy atom. The monoisotopic (exact) mass is 460 g/mol. The Bertz CT molecular complexity index is 1430. The fraction of sp³-hybridized carbons (Fsp3) is 0.125. The zero-order chi connectivity index (χ0) is 22.2. The quantitative estimate of drug-likeness (QED) is 0.366. The topological polar surface area (TPSA) is 66.7 Å². The van der Waals surface area contributed by atoms with Gasteiger partial charge in [-0.05, 0) is 42.8 Å². The molecule has 2 amide bonds. The first-order valence-corrected chi connectivity index (χ1v) is 11.8. The maximum atomic E-state index is 13.2. The van der Waals surface area contributed by atoms with E-state index in [0.717, 1.165) is 20.9 Å². The molecule has 5 rings (SSSR count). The second-order valence-electron chi connectivity index (χ2n) is 7.51. The SMILES string of the molecule is CC(c1cccc(NC(=O)c2ccccc2)c1)N(C)C(=O)c1cc2c(nc3sccn32)s1. The van der Waals surface area contributed by atoms with E-state index in [1.54, 1.807) is 35.4 Å². The molecular formula is C24H20N4O2S2. The second kappa shape index (κ2) is 8.22. The number of rotatable bonds is 5. The first-order chi connectivity index (χ1) is 15.5. The van der Waals surface area contributed by atoms with Crippen molar-refractivity contribution in [2.24, 2.45) is 0 Å². The molecule has 0 spiro atoms. The Morgan fingerprint density at radius 1 is 1.09 bits per heavy atom. The molecule has 0 bridgehead atoms. The second-order valence-corrected chi connectivity index (χ2v) is 9.41. The van der Waals surface area contributed by atoms with Gasteiger partial charge in [0.05, 0.1) is 16.4 Å². The van der Waals surface area contributed by atoms with E-state index >= 15 is 0 Å². The lowest BCUT2D eigenvalue weighted by molar-refractivity contribution is 0.0747. The predicted octanol–water partition coefficient (Wildman–Crippen LogP) is 5.70. The third-order valence-electron chi connectivity index (χ3n) is 5.51. The summed E-state index contributed by atoms with van der Waals surface area (Å²) in [5.74, 6) is -0.217. The van der Waals surface area contributed by atoms with Crippen LogP contribution in [-0.4, -0.2) is 33.1 Å². The molecule has 0 aliphatic carbocycles. The number of anilines is 1. The van der Waals surface area contributed by atoms with Crippen LogP contribution in [0.15, 0.2) is 72.2 Å². The van der Waals surface area contributed by atoms with Gasteiger partial charge in [0.25, 0.3) is 11.8 Å². The number of amides is 2. The number of hydrogen-bond acceptors (Lipinski definition) is 5. The summed E-state index contributed by atoms with van der Waals surface area (Å²) in [6.45, 7) is 1.98. The van der Waals surface area contributed by atoms with E-state index in [9.17, 15) is 9.59 Å². The van der Waals surface area contributed by atoms with Gasteiger partial charge >= 0.3 is 0 Å². The number of carbonyl (C=O) groups is 2. The summed E-state index contributed by atoms with van der Waals surface area (Å²) in [6, 6.07) is 18.4. The lowest BCUT2D eigenvalue weighted by atomic mass is 10.1. The number of fused-ring (bicyclic) bond motifs is 3. The highest BCUT2D eigenvalue weighted by molar-refractivity contribution is 7.21. The van der Waals surface area contributed by atoms with Gasteiger partial charge in [0, 0.05) is 29.9 Å². The van der Waals surface area contributed by atoms with E-state index < -0.39 is 0 Å². The summed E-state index contributed by atoms with van der Waals surface area (Å²) in [5.41, 5.74) is 3.19. The van der Waals surface area contributed by atoms with Crippen LogP contribution in [0.5, 0.6) is 0 Å². The summed E-state index contributed by atoms with van der Waals surface area (Å²) < 4.78 is 2.01. The average Bonchev–Trinajstić information content (AvgIpc) is 3.51. The summed E-state index contributed by atoms with van der Waals surface area (Å²) in [6.07, 6.45) is 1.97. The first kappa shape index (κ1) is 20.4. The van der Waals surface area contributed by atoms with Crippen LogP contribution in [0.25, 0.3) is 15.3 Å². The number of thiophene rings is 1. The van der Waals surface area contributed by atoms with Crippen molar-refractivity contribution in [1.29, 1.82) is 0 Å². The largest absolute Gasteiger partial charge is 0.334 e. The van der Waals surface area contributed by atoms with Crippen LogP contribution in [0, 0.1) is 0 Å². The fourth-order valence-corrected chi connectivity index (χ4v) is 5.38. The molecule has 0 saturated carbocycles. The number of hydrogen-bond donors (Lipinski definition) is 1. The van der Waals surface area contributed by atoms with Gasteiger partial charge in [-0.3, -0.25) is 14.0 Å². The van der Waals surface area contributed by atoms with Crippen molar-refractivity contribution in [2.45, 2.75) is 13.0 Å². The van der Waals surface area contributed by atoms with Gasteiger partial charge in [-0.1, -0.05) is 30.3 Å². The molecule has 5 aromatic rings. The van der Waals surface area contributed by atoms with Gasteiger partial charge in [0.1, 0.15) is 4.83 Å². The van der Waals surface area contributed by atoms with E-state index in [0.29, 0.717) is 16.1 Å². The van der Waals surface area contributed by atoms with Gasteiger partial charge in [-0.2, -0.15) is 0 Å². The highest BCUT2D eigenvalue weighted by atomic mass is 32.1. The Balaban J connectivity index is 1.34. The Hall–Kier alpha value is -3.49. The smallest absolute Gasteiger partial charge is 0.264 e. The minimum atomic E-state index is -0.172. The lowest BCUT2D eigenvalue weighted by Crippen LogP contribution is -2.29. The van der Waals surface area contributed by atoms with Crippen LogP contribution in [-0.2, 0) is 0 Å². The molecular weight excluding hydrogens is 440 g/mol. The van der Waals surface area contributed by atoms with Crippen LogP contribution in [0.3, 0.4) is 0 Å². The number of nitrogens with one attached hydrogen (secondary N) is 1. The number of thiazole rings is 1. The minimum absolute atomic E-state index is 0.0526. The van der Waals surface area contributed by atoms with E-state index in [-0.39, 0.29) is 17.9 Å². The predicted molar refractivity (Wildman–Crippen MR) is 130 cm³/mol. The standard InChI is InChI=1S/C24H20N4O2S2/c1-15(17-9-6-10-18(13-17)25-21(29)16-7-4-3-5-8-16)27(2)23(30)20-14-19-22(32-20)26-24-28(19)11-12-31-24/h3-15H,1-2H3,(H,25,29). The molecule has 1 unspecified atom stereocenters. The fourth-order valence-electron chi connectivity index (χ4n) is 3.60. The van der Waals surface area contributed by atoms with Crippen LogP contribution in [0.4, 0.5) is 5.69 Å². The molecule has 2 aromatic carbocycles. The molecule has 0 fully saturated rings. The van der Waals surface area contributed by atoms with Crippen LogP contribution in [0.2, 0.25) is 0 Å². The summed E-state index contributed by atoms with van der Waals surface area (Å²) in [4.78, 5) is 34.4. The molecule has 1 N–H and O–H groups in total. The van der Waals surface area contributed by atoms with E-state index in [4.69, 9.17) is 0 Å². The van der Waals surface area contributed by atoms with E-state index in [2.05, 4.69) is 10.3 Å². The van der Waals surface area contributed by atoms with E-state index in [1.165, 1.54) is 11.3 Å². The van der Waals surface area contributed by atoms with Crippen molar-refractivity contribution in [3.05, 3.63) is 88.2 Å². The third-order valence-corrected chi connectivity index (χ3v) is 7.28. The number of benzene rings is 2. The maximum absolute atomic E-state index is 13.2.